The van der Waals surface area contributed by atoms with Crippen molar-refractivity contribution in [3.8, 4) is 5.75 Å². The molecule has 0 N–H and O–H groups in total. The Bertz CT molecular complexity index is 335. The molecule has 0 aliphatic heterocycles. The number of ether oxygens (including phenoxy) is 1. The fourth-order valence-electron chi connectivity index (χ4n) is 1.12. The van der Waals surface area contributed by atoms with Crippen LogP contribution in [-0.4, -0.2) is 12.4 Å². The maximum Gasteiger partial charge on any atom is 0.163 e. The van der Waals surface area contributed by atoms with Crippen LogP contribution in [0.5, 0.6) is 5.75 Å². The molecule has 1 aromatic rings. The van der Waals surface area contributed by atoms with Crippen LogP contribution in [0, 0.1) is 0 Å². The zero-order valence-electron chi connectivity index (χ0n) is 10.3. The Morgan fingerprint density at radius 1 is 1.38 bits per heavy atom. The lowest BCUT2D eigenvalue weighted by atomic mass is 10.1. The van der Waals surface area contributed by atoms with Crippen molar-refractivity contribution in [2.45, 2.75) is 34.1 Å². The summed E-state index contributed by atoms with van der Waals surface area (Å²) in [7, 11) is 0. The molecule has 0 spiro atoms. The molecule has 1 aromatic carbocycles. The van der Waals surface area contributed by atoms with Crippen molar-refractivity contribution in [2.75, 3.05) is 6.61 Å². The quantitative estimate of drug-likeness (QED) is 0.764. The van der Waals surface area contributed by atoms with Gasteiger partial charge in [0, 0.05) is 4.47 Å². The maximum atomic E-state index is 11.3. The highest BCUT2D eigenvalue weighted by atomic mass is 79.9. The van der Waals surface area contributed by atoms with E-state index in [-0.39, 0.29) is 5.78 Å². The zero-order chi connectivity index (χ0) is 12.6. The van der Waals surface area contributed by atoms with Crippen LogP contribution in [0.25, 0.3) is 0 Å². The third kappa shape index (κ3) is 4.79. The minimum atomic E-state index is 0.0254. The lowest BCUT2D eigenvalue weighted by molar-refractivity contribution is 0.101. The summed E-state index contributed by atoms with van der Waals surface area (Å²) in [5, 5.41) is 0. The molecular weight excluding hydrogens is 268 g/mol. The number of halogens is 1. The van der Waals surface area contributed by atoms with E-state index < -0.39 is 0 Å². The van der Waals surface area contributed by atoms with E-state index in [0.717, 1.165) is 10.9 Å². The molecule has 0 atom stereocenters. The van der Waals surface area contributed by atoms with Crippen LogP contribution in [-0.2, 0) is 0 Å². The molecule has 0 aliphatic carbocycles. The van der Waals surface area contributed by atoms with Crippen molar-refractivity contribution in [1.29, 1.82) is 0 Å². The summed E-state index contributed by atoms with van der Waals surface area (Å²) >= 11 is 3.32. The van der Waals surface area contributed by atoms with Crippen LogP contribution < -0.4 is 4.74 Å². The van der Waals surface area contributed by atoms with E-state index in [1.165, 1.54) is 0 Å². The van der Waals surface area contributed by atoms with Gasteiger partial charge in [0.1, 0.15) is 5.75 Å². The Morgan fingerprint density at radius 2 is 2.00 bits per heavy atom. The maximum absolute atomic E-state index is 11.3. The lowest BCUT2D eigenvalue weighted by Crippen LogP contribution is -2.01. The topological polar surface area (TPSA) is 26.3 Å². The molecule has 1 rings (SSSR count). The molecule has 2 nitrogen and oxygen atoms in total. The van der Waals surface area contributed by atoms with Crippen LogP contribution >= 0.6 is 15.9 Å². The average molecular weight is 287 g/mol. The van der Waals surface area contributed by atoms with Gasteiger partial charge >= 0.3 is 0 Å². The Balaban J connectivity index is 0.00000106. The Kier molecular flexibility index (Phi) is 7.90. The van der Waals surface area contributed by atoms with E-state index in [9.17, 15) is 4.79 Å². The first-order valence-electron chi connectivity index (χ1n) is 5.58. The molecule has 0 bridgehead atoms. The highest BCUT2D eigenvalue weighted by molar-refractivity contribution is 9.10. The first-order chi connectivity index (χ1) is 7.65. The number of ketones is 1. The Morgan fingerprint density at radius 3 is 2.50 bits per heavy atom. The highest BCUT2D eigenvalue weighted by Gasteiger charge is 2.08. The summed E-state index contributed by atoms with van der Waals surface area (Å²) in [5.74, 6) is 0.694. The zero-order valence-corrected chi connectivity index (χ0v) is 11.9. The Hall–Kier alpha value is -0.830. The second kappa shape index (κ2) is 8.34. The molecule has 0 aliphatic rings. The third-order valence-electron chi connectivity index (χ3n) is 1.78. The van der Waals surface area contributed by atoms with Gasteiger partial charge in [-0.1, -0.05) is 36.7 Å². The summed E-state index contributed by atoms with van der Waals surface area (Å²) < 4.78 is 6.36. The monoisotopic (exact) mass is 286 g/mol. The lowest BCUT2D eigenvalue weighted by Gasteiger charge is -2.08. The van der Waals surface area contributed by atoms with Gasteiger partial charge in [0.15, 0.2) is 5.78 Å². The molecule has 0 saturated carbocycles. The number of rotatable bonds is 4. The molecule has 0 aromatic heterocycles. The number of hydrogen-bond donors (Lipinski definition) is 0. The summed E-state index contributed by atoms with van der Waals surface area (Å²) in [6.45, 7) is 8.22. The van der Waals surface area contributed by atoms with Crippen LogP contribution in [0.3, 0.4) is 0 Å². The van der Waals surface area contributed by atoms with E-state index in [4.69, 9.17) is 4.74 Å². The molecule has 0 fully saturated rings. The predicted octanol–water partition coefficient (Wildman–Crippen LogP) is 4.47. The fourth-order valence-corrected chi connectivity index (χ4v) is 1.48. The van der Waals surface area contributed by atoms with Crippen molar-refractivity contribution in [1.82, 2.24) is 0 Å². The number of carbonyl (C=O) groups excluding carboxylic acids is 1. The van der Waals surface area contributed by atoms with E-state index >= 15 is 0 Å². The van der Waals surface area contributed by atoms with Gasteiger partial charge in [-0.25, -0.2) is 0 Å². The minimum absolute atomic E-state index is 0.0254. The first kappa shape index (κ1) is 15.2. The van der Waals surface area contributed by atoms with Crippen LogP contribution in [0.4, 0.5) is 0 Å². The summed E-state index contributed by atoms with van der Waals surface area (Å²) in [4.78, 5) is 11.3. The number of Topliss-reactive ketones (excluding diaryl/α,β-unsaturated/α-hetero) is 1. The predicted molar refractivity (Wildman–Crippen MR) is 71.3 cm³/mol. The standard InChI is InChI=1S/C11H13BrO2.C2H6/c1-3-6-14-11-5-4-9(12)7-10(11)8(2)13;1-2/h4-5,7H,3,6H2,1-2H3;1-2H3. The molecular formula is C13H19BrO2. The van der Waals surface area contributed by atoms with Gasteiger partial charge in [0.2, 0.25) is 0 Å². The first-order valence-corrected chi connectivity index (χ1v) is 6.37. The fraction of sp³-hybridized carbons (Fsp3) is 0.462. The van der Waals surface area contributed by atoms with Gasteiger partial charge in [-0.15, -0.1) is 0 Å². The number of hydrogen-bond acceptors (Lipinski definition) is 2. The van der Waals surface area contributed by atoms with Gasteiger partial charge < -0.3 is 4.74 Å². The molecule has 0 amide bonds. The molecule has 0 unspecified atom stereocenters. The number of benzene rings is 1. The average Bonchev–Trinajstić information content (AvgIpc) is 2.30. The van der Waals surface area contributed by atoms with Crippen molar-refractivity contribution in [3.05, 3.63) is 28.2 Å². The van der Waals surface area contributed by atoms with Gasteiger partial charge in [-0.2, -0.15) is 0 Å². The van der Waals surface area contributed by atoms with Gasteiger partial charge in [0.25, 0.3) is 0 Å². The molecule has 0 heterocycles. The second-order valence-corrected chi connectivity index (χ2v) is 3.96. The van der Waals surface area contributed by atoms with Crippen molar-refractivity contribution < 1.29 is 9.53 Å². The SMILES string of the molecule is CC.CCCOc1ccc(Br)cc1C(C)=O. The van der Waals surface area contributed by atoms with Crippen molar-refractivity contribution >= 4 is 21.7 Å². The molecule has 16 heavy (non-hydrogen) atoms. The van der Waals surface area contributed by atoms with Crippen molar-refractivity contribution in [3.63, 3.8) is 0 Å². The normalized spacial score (nSPS) is 9.06. The third-order valence-corrected chi connectivity index (χ3v) is 2.28. The molecule has 0 saturated heterocycles. The molecule has 3 heteroatoms. The smallest absolute Gasteiger partial charge is 0.163 e. The highest BCUT2D eigenvalue weighted by Crippen LogP contribution is 2.23. The Labute approximate surface area is 106 Å². The van der Waals surface area contributed by atoms with Gasteiger partial charge in [-0.05, 0) is 31.5 Å². The van der Waals surface area contributed by atoms with Gasteiger partial charge in [0.05, 0.1) is 12.2 Å². The van der Waals surface area contributed by atoms with Crippen LogP contribution in [0.2, 0.25) is 0 Å². The summed E-state index contributed by atoms with van der Waals surface area (Å²) in [6, 6.07) is 5.47. The van der Waals surface area contributed by atoms with E-state index in [2.05, 4.69) is 15.9 Å². The summed E-state index contributed by atoms with van der Waals surface area (Å²) in [6.07, 6.45) is 0.938. The van der Waals surface area contributed by atoms with Gasteiger partial charge in [-0.3, -0.25) is 4.79 Å². The van der Waals surface area contributed by atoms with E-state index in [1.807, 2.05) is 32.9 Å². The van der Waals surface area contributed by atoms with Crippen LogP contribution in [0.15, 0.2) is 22.7 Å². The summed E-state index contributed by atoms with van der Waals surface area (Å²) in [5.41, 5.74) is 0.632. The van der Waals surface area contributed by atoms with E-state index in [1.54, 1.807) is 13.0 Å². The van der Waals surface area contributed by atoms with Crippen LogP contribution in [0.1, 0.15) is 44.5 Å². The van der Waals surface area contributed by atoms with Crippen molar-refractivity contribution in [2.24, 2.45) is 0 Å². The van der Waals surface area contributed by atoms with E-state index in [0.29, 0.717) is 17.9 Å². The number of carbonyl (C=O) groups is 1. The minimum Gasteiger partial charge on any atom is -0.493 e. The molecule has 90 valence electrons. The largest absolute Gasteiger partial charge is 0.493 e. The molecule has 0 radical (unpaired) electrons. The second-order valence-electron chi connectivity index (χ2n) is 3.05.